The average molecular weight is 209 g/mol. The first-order valence-corrected chi connectivity index (χ1v) is 6.47. The molecule has 1 N–H and O–H groups in total. The Labute approximate surface area is 93.1 Å². The first kappa shape index (κ1) is 11.2. The summed E-state index contributed by atoms with van der Waals surface area (Å²) in [5.74, 6) is 0. The molecular weight excluding hydrogens is 186 g/mol. The van der Waals surface area contributed by atoms with Crippen LogP contribution in [0.1, 0.15) is 44.9 Å². The fraction of sp³-hybridized carbons (Fsp3) is 0.846. The Hall–Kier alpha value is -0.340. The van der Waals surface area contributed by atoms with Gasteiger partial charge in [-0.1, -0.05) is 18.6 Å². The number of hydrogen-bond donors (Lipinski definition) is 1. The van der Waals surface area contributed by atoms with Crippen molar-refractivity contribution in [3.8, 4) is 0 Å². The van der Waals surface area contributed by atoms with Crippen LogP contribution in [0, 0.1) is 0 Å². The molecule has 0 saturated carbocycles. The molecule has 1 heterocycles. The molecule has 2 heteroatoms. The molecule has 0 radical (unpaired) electrons. The molecule has 15 heavy (non-hydrogen) atoms. The topological polar surface area (TPSA) is 21.3 Å². The second kappa shape index (κ2) is 6.29. The van der Waals surface area contributed by atoms with E-state index in [0.29, 0.717) is 12.1 Å². The van der Waals surface area contributed by atoms with Crippen molar-refractivity contribution in [3.05, 3.63) is 12.2 Å². The fourth-order valence-electron chi connectivity index (χ4n) is 2.45. The van der Waals surface area contributed by atoms with Crippen molar-refractivity contribution in [2.75, 3.05) is 13.2 Å². The predicted octanol–water partition coefficient (Wildman–Crippen LogP) is 2.64. The Kier molecular flexibility index (Phi) is 4.68. The molecule has 0 bridgehead atoms. The van der Waals surface area contributed by atoms with E-state index >= 15 is 0 Å². The molecule has 1 saturated heterocycles. The molecule has 0 spiro atoms. The minimum atomic E-state index is 0.405. The number of allylic oxidation sites excluding steroid dienone is 1. The summed E-state index contributed by atoms with van der Waals surface area (Å²) < 4.78 is 5.86. The highest BCUT2D eigenvalue weighted by atomic mass is 16.5. The van der Waals surface area contributed by atoms with Crippen LogP contribution in [-0.2, 0) is 4.74 Å². The summed E-state index contributed by atoms with van der Waals surface area (Å²) in [5, 5.41) is 3.56. The van der Waals surface area contributed by atoms with E-state index in [1.165, 1.54) is 51.5 Å². The third-order valence-corrected chi connectivity index (χ3v) is 3.42. The summed E-state index contributed by atoms with van der Waals surface area (Å²) in [6, 6.07) is 0.714. The predicted molar refractivity (Wildman–Crippen MR) is 63.0 cm³/mol. The van der Waals surface area contributed by atoms with Crippen LogP contribution >= 0.6 is 0 Å². The van der Waals surface area contributed by atoms with Gasteiger partial charge in [-0.25, -0.2) is 0 Å². The fourth-order valence-corrected chi connectivity index (χ4v) is 2.45. The summed E-state index contributed by atoms with van der Waals surface area (Å²) in [6.45, 7) is 2.13. The first-order chi connectivity index (χ1) is 7.45. The quantitative estimate of drug-likeness (QED) is 0.719. The van der Waals surface area contributed by atoms with E-state index in [2.05, 4.69) is 17.5 Å². The van der Waals surface area contributed by atoms with Gasteiger partial charge in [-0.05, 0) is 45.1 Å². The van der Waals surface area contributed by atoms with Crippen molar-refractivity contribution in [3.63, 3.8) is 0 Å². The van der Waals surface area contributed by atoms with E-state index in [1.54, 1.807) is 0 Å². The van der Waals surface area contributed by atoms with E-state index in [1.807, 2.05) is 0 Å². The Morgan fingerprint density at radius 1 is 1.20 bits per heavy atom. The van der Waals surface area contributed by atoms with Crippen molar-refractivity contribution in [1.82, 2.24) is 5.32 Å². The molecule has 2 unspecified atom stereocenters. The van der Waals surface area contributed by atoms with Crippen LogP contribution in [-0.4, -0.2) is 25.3 Å². The first-order valence-electron chi connectivity index (χ1n) is 6.47. The van der Waals surface area contributed by atoms with Crippen LogP contribution in [0.2, 0.25) is 0 Å². The minimum Gasteiger partial charge on any atom is -0.374 e. The van der Waals surface area contributed by atoms with Gasteiger partial charge in [0.2, 0.25) is 0 Å². The van der Waals surface area contributed by atoms with Crippen LogP contribution < -0.4 is 5.32 Å². The van der Waals surface area contributed by atoms with Crippen molar-refractivity contribution in [2.45, 2.75) is 57.1 Å². The lowest BCUT2D eigenvalue weighted by atomic mass is 10.0. The van der Waals surface area contributed by atoms with Gasteiger partial charge in [0, 0.05) is 12.6 Å². The zero-order valence-electron chi connectivity index (χ0n) is 9.58. The number of hydrogen-bond acceptors (Lipinski definition) is 2. The minimum absolute atomic E-state index is 0.405. The van der Waals surface area contributed by atoms with E-state index in [-0.39, 0.29) is 0 Å². The molecule has 86 valence electrons. The molecule has 2 nitrogen and oxygen atoms in total. The second-order valence-corrected chi connectivity index (χ2v) is 4.70. The molecular formula is C13H23NO. The molecule has 0 aromatic carbocycles. The zero-order valence-corrected chi connectivity index (χ0v) is 9.58. The normalized spacial score (nSPS) is 31.7. The van der Waals surface area contributed by atoms with E-state index in [0.717, 1.165) is 6.61 Å². The maximum absolute atomic E-state index is 5.86. The lowest BCUT2D eigenvalue weighted by Crippen LogP contribution is -2.35. The molecule has 0 aromatic heterocycles. The highest BCUT2D eigenvalue weighted by Crippen LogP contribution is 2.15. The van der Waals surface area contributed by atoms with Gasteiger partial charge >= 0.3 is 0 Å². The second-order valence-electron chi connectivity index (χ2n) is 4.70. The van der Waals surface area contributed by atoms with Crippen LogP contribution in [0.5, 0.6) is 0 Å². The average Bonchev–Trinajstić information content (AvgIpc) is 2.32. The van der Waals surface area contributed by atoms with Crippen molar-refractivity contribution < 1.29 is 4.74 Å². The Morgan fingerprint density at radius 2 is 2.20 bits per heavy atom. The summed E-state index contributed by atoms with van der Waals surface area (Å²) in [7, 11) is 0. The van der Waals surface area contributed by atoms with Crippen molar-refractivity contribution in [2.24, 2.45) is 0 Å². The Balaban J connectivity index is 1.57. The number of nitrogens with one attached hydrogen (secondary N) is 1. The van der Waals surface area contributed by atoms with Crippen LogP contribution in [0.3, 0.4) is 0 Å². The summed E-state index contributed by atoms with van der Waals surface area (Å²) in [6.07, 6.45) is 13.9. The Morgan fingerprint density at radius 3 is 2.93 bits per heavy atom. The third-order valence-electron chi connectivity index (χ3n) is 3.42. The van der Waals surface area contributed by atoms with E-state index in [9.17, 15) is 0 Å². The molecule has 2 rings (SSSR count). The standard InChI is InChI=1S/C13H23NO/c1-2-7-13(8-3-1)15-11-9-12-6-4-5-10-14-12/h2,7,12-14H,1,3-6,8-11H2. The summed E-state index contributed by atoms with van der Waals surface area (Å²) in [5.41, 5.74) is 0. The molecule has 2 atom stereocenters. The smallest absolute Gasteiger partial charge is 0.0755 e. The molecule has 0 amide bonds. The number of ether oxygens (including phenoxy) is 1. The van der Waals surface area contributed by atoms with Crippen LogP contribution in [0.4, 0.5) is 0 Å². The van der Waals surface area contributed by atoms with E-state index < -0.39 is 0 Å². The SMILES string of the molecule is C1=CC(OCCC2CCCCN2)CCC1. The highest BCUT2D eigenvalue weighted by Gasteiger charge is 2.13. The van der Waals surface area contributed by atoms with Gasteiger partial charge in [0.25, 0.3) is 0 Å². The van der Waals surface area contributed by atoms with Crippen molar-refractivity contribution in [1.29, 1.82) is 0 Å². The monoisotopic (exact) mass is 209 g/mol. The number of piperidine rings is 1. The summed E-state index contributed by atoms with van der Waals surface area (Å²) >= 11 is 0. The Bertz CT molecular complexity index is 197. The largest absolute Gasteiger partial charge is 0.374 e. The molecule has 1 aliphatic carbocycles. The van der Waals surface area contributed by atoms with Gasteiger partial charge in [-0.2, -0.15) is 0 Å². The van der Waals surface area contributed by atoms with E-state index in [4.69, 9.17) is 4.74 Å². The maximum atomic E-state index is 5.86. The van der Waals surface area contributed by atoms with Gasteiger partial charge in [0.1, 0.15) is 0 Å². The van der Waals surface area contributed by atoms with Gasteiger partial charge in [0.05, 0.1) is 6.10 Å². The third kappa shape index (κ3) is 3.96. The molecule has 2 aliphatic rings. The molecule has 1 aliphatic heterocycles. The van der Waals surface area contributed by atoms with Crippen molar-refractivity contribution >= 4 is 0 Å². The lowest BCUT2D eigenvalue weighted by molar-refractivity contribution is 0.0666. The van der Waals surface area contributed by atoms with Gasteiger partial charge < -0.3 is 10.1 Å². The highest BCUT2D eigenvalue weighted by molar-refractivity contribution is 4.94. The summed E-state index contributed by atoms with van der Waals surface area (Å²) in [4.78, 5) is 0. The van der Waals surface area contributed by atoms with Crippen LogP contribution in [0.15, 0.2) is 12.2 Å². The van der Waals surface area contributed by atoms with Gasteiger partial charge in [-0.15, -0.1) is 0 Å². The van der Waals surface area contributed by atoms with Gasteiger partial charge in [-0.3, -0.25) is 0 Å². The zero-order chi connectivity index (χ0) is 10.3. The maximum Gasteiger partial charge on any atom is 0.0755 e. The molecule has 1 fully saturated rings. The molecule has 0 aromatic rings. The van der Waals surface area contributed by atoms with Gasteiger partial charge in [0.15, 0.2) is 0 Å². The lowest BCUT2D eigenvalue weighted by Gasteiger charge is -2.24. The van der Waals surface area contributed by atoms with Crippen LogP contribution in [0.25, 0.3) is 0 Å². The number of rotatable bonds is 4.